The Morgan fingerprint density at radius 2 is 1.88 bits per heavy atom. The number of carbonyl (C=O) groups excluding carboxylic acids is 1. The molecule has 180 valence electrons. The van der Waals surface area contributed by atoms with Crippen LogP contribution in [0.25, 0.3) is 11.4 Å². The maximum Gasteiger partial charge on any atom is 0.226 e. The molecule has 1 saturated heterocycles. The summed E-state index contributed by atoms with van der Waals surface area (Å²) in [6.07, 6.45) is 1.58. The van der Waals surface area contributed by atoms with Gasteiger partial charge in [0.1, 0.15) is 5.75 Å². The molecule has 0 saturated carbocycles. The van der Waals surface area contributed by atoms with Gasteiger partial charge in [0.05, 0.1) is 7.11 Å². The van der Waals surface area contributed by atoms with Gasteiger partial charge in [0.25, 0.3) is 0 Å². The van der Waals surface area contributed by atoms with Gasteiger partial charge in [-0.25, -0.2) is 0 Å². The zero-order valence-electron chi connectivity index (χ0n) is 20.2. The number of carbonyl (C=O) groups is 1. The number of likely N-dealkylation sites (N-methyl/N-ethyl adjacent to an activating group) is 1. The molecule has 0 aliphatic carbocycles. The van der Waals surface area contributed by atoms with Gasteiger partial charge in [0.15, 0.2) is 0 Å². The summed E-state index contributed by atoms with van der Waals surface area (Å²) in [5.74, 6) is 1.83. The quantitative estimate of drug-likeness (QED) is 0.510. The van der Waals surface area contributed by atoms with Crippen molar-refractivity contribution < 1.29 is 14.1 Å². The number of nitrogens with zero attached hydrogens (tertiary/aromatic N) is 4. The zero-order valence-corrected chi connectivity index (χ0v) is 20.2. The van der Waals surface area contributed by atoms with E-state index in [9.17, 15) is 4.79 Å². The Morgan fingerprint density at radius 3 is 2.56 bits per heavy atom. The van der Waals surface area contributed by atoms with Gasteiger partial charge < -0.3 is 24.4 Å². The van der Waals surface area contributed by atoms with Crippen molar-refractivity contribution in [3.8, 4) is 17.1 Å². The number of hydrogen-bond acceptors (Lipinski definition) is 7. The first kappa shape index (κ1) is 23.8. The lowest BCUT2D eigenvalue weighted by molar-refractivity contribution is -0.116. The van der Waals surface area contributed by atoms with Gasteiger partial charge in [0, 0.05) is 56.0 Å². The fraction of sp³-hybridized carbons (Fsp3) is 0.423. The van der Waals surface area contributed by atoms with Crippen molar-refractivity contribution in [1.29, 1.82) is 0 Å². The number of benzene rings is 2. The third kappa shape index (κ3) is 5.94. The summed E-state index contributed by atoms with van der Waals surface area (Å²) in [6.45, 7) is 9.61. The minimum atomic E-state index is -0.0118. The Hall–Kier alpha value is -3.39. The predicted molar refractivity (Wildman–Crippen MR) is 133 cm³/mol. The molecule has 1 aromatic heterocycles. The molecule has 0 spiro atoms. The minimum Gasteiger partial charge on any atom is -0.497 e. The first-order valence-corrected chi connectivity index (χ1v) is 11.9. The van der Waals surface area contributed by atoms with Crippen molar-refractivity contribution in [3.05, 3.63) is 53.9 Å². The average Bonchev–Trinajstić information content (AvgIpc) is 3.34. The summed E-state index contributed by atoms with van der Waals surface area (Å²) in [5, 5.41) is 7.08. The average molecular weight is 464 g/mol. The van der Waals surface area contributed by atoms with Crippen LogP contribution in [0.3, 0.4) is 0 Å². The smallest absolute Gasteiger partial charge is 0.226 e. The number of nitrogens with one attached hydrogen (secondary N) is 1. The second kappa shape index (κ2) is 11.2. The second-order valence-electron chi connectivity index (χ2n) is 8.56. The summed E-state index contributed by atoms with van der Waals surface area (Å²) in [6, 6.07) is 13.8. The first-order chi connectivity index (χ1) is 16.6. The number of hydrogen-bond donors (Lipinski definition) is 1. The summed E-state index contributed by atoms with van der Waals surface area (Å²) >= 11 is 0. The molecule has 1 amide bonds. The largest absolute Gasteiger partial charge is 0.497 e. The molecule has 2 aromatic carbocycles. The van der Waals surface area contributed by atoms with Crippen LogP contribution in [0, 0.1) is 6.92 Å². The van der Waals surface area contributed by atoms with E-state index in [4.69, 9.17) is 9.26 Å². The molecule has 1 N–H and O–H groups in total. The van der Waals surface area contributed by atoms with Gasteiger partial charge in [-0.15, -0.1) is 0 Å². The van der Waals surface area contributed by atoms with Crippen LogP contribution in [0.2, 0.25) is 0 Å². The van der Waals surface area contributed by atoms with E-state index in [1.54, 1.807) is 7.11 Å². The van der Waals surface area contributed by atoms with Gasteiger partial charge in [-0.2, -0.15) is 4.98 Å². The molecule has 8 nitrogen and oxygen atoms in total. The number of rotatable bonds is 9. The van der Waals surface area contributed by atoms with Gasteiger partial charge in [-0.3, -0.25) is 4.79 Å². The number of aromatic nitrogens is 2. The van der Waals surface area contributed by atoms with E-state index in [0.29, 0.717) is 31.0 Å². The molecule has 1 fully saturated rings. The SMILES string of the molecule is CCN1CCN(c2ccc(NC(=O)CCCc3nc(-c4ccc(OC)cc4)no3)c(C)c2)CC1. The van der Waals surface area contributed by atoms with E-state index in [-0.39, 0.29) is 5.91 Å². The first-order valence-electron chi connectivity index (χ1n) is 11.9. The number of aryl methyl sites for hydroxylation is 2. The van der Waals surface area contributed by atoms with Crippen LogP contribution in [0.1, 0.15) is 31.2 Å². The van der Waals surface area contributed by atoms with Crippen molar-refractivity contribution in [1.82, 2.24) is 15.0 Å². The maximum absolute atomic E-state index is 12.5. The molecule has 1 aliphatic rings. The molecule has 4 rings (SSSR count). The maximum atomic E-state index is 12.5. The van der Waals surface area contributed by atoms with Crippen LogP contribution in [-0.4, -0.2) is 60.8 Å². The molecular formula is C26H33N5O3. The molecule has 0 radical (unpaired) electrons. The molecule has 3 aromatic rings. The van der Waals surface area contributed by atoms with Crippen LogP contribution in [0.15, 0.2) is 47.0 Å². The highest BCUT2D eigenvalue weighted by Crippen LogP contribution is 2.24. The molecule has 0 bridgehead atoms. The van der Waals surface area contributed by atoms with Crippen LogP contribution >= 0.6 is 0 Å². The number of anilines is 2. The third-order valence-corrected chi connectivity index (χ3v) is 6.28. The molecular weight excluding hydrogens is 430 g/mol. The normalized spacial score (nSPS) is 14.3. The lowest BCUT2D eigenvalue weighted by Crippen LogP contribution is -2.46. The van der Waals surface area contributed by atoms with Crippen molar-refractivity contribution >= 4 is 17.3 Å². The number of methoxy groups -OCH3 is 1. The van der Waals surface area contributed by atoms with Gasteiger partial charge >= 0.3 is 0 Å². The Balaban J connectivity index is 1.24. The van der Waals surface area contributed by atoms with Crippen LogP contribution in [-0.2, 0) is 11.2 Å². The molecule has 1 aliphatic heterocycles. The Morgan fingerprint density at radius 1 is 1.12 bits per heavy atom. The van der Waals surface area contributed by atoms with Crippen LogP contribution in [0.4, 0.5) is 11.4 Å². The summed E-state index contributed by atoms with van der Waals surface area (Å²) in [5.41, 5.74) is 4.01. The summed E-state index contributed by atoms with van der Waals surface area (Å²) in [4.78, 5) is 21.8. The fourth-order valence-electron chi connectivity index (χ4n) is 4.13. The Kier molecular flexibility index (Phi) is 7.80. The molecule has 0 unspecified atom stereocenters. The van der Waals surface area contributed by atoms with Gasteiger partial charge in [-0.1, -0.05) is 12.1 Å². The van der Waals surface area contributed by atoms with E-state index < -0.39 is 0 Å². The zero-order chi connectivity index (χ0) is 23.9. The number of piperazine rings is 1. The van der Waals surface area contributed by atoms with Crippen molar-refractivity contribution in [3.63, 3.8) is 0 Å². The van der Waals surface area contributed by atoms with Gasteiger partial charge in [0.2, 0.25) is 17.6 Å². The highest BCUT2D eigenvalue weighted by molar-refractivity contribution is 5.91. The fourth-order valence-corrected chi connectivity index (χ4v) is 4.13. The standard InChI is InChI=1S/C26H33N5O3/c1-4-30-14-16-31(17-15-30)21-10-13-23(19(2)18-21)27-24(32)6-5-7-25-28-26(29-34-25)20-8-11-22(33-3)12-9-20/h8-13,18H,4-7,14-17H2,1-3H3,(H,27,32). The Bertz CT molecular complexity index is 1090. The van der Waals surface area contributed by atoms with Crippen molar-refractivity contribution in [2.24, 2.45) is 0 Å². The van der Waals surface area contributed by atoms with Crippen molar-refractivity contribution in [2.75, 3.05) is 50.1 Å². The lowest BCUT2D eigenvalue weighted by Gasteiger charge is -2.35. The third-order valence-electron chi connectivity index (χ3n) is 6.28. The number of amides is 1. The monoisotopic (exact) mass is 463 g/mol. The van der Waals surface area contributed by atoms with E-state index in [0.717, 1.165) is 55.3 Å². The molecule has 8 heteroatoms. The van der Waals surface area contributed by atoms with E-state index in [1.807, 2.05) is 37.3 Å². The molecule has 34 heavy (non-hydrogen) atoms. The Labute approximate surface area is 200 Å². The lowest BCUT2D eigenvalue weighted by atomic mass is 10.1. The second-order valence-corrected chi connectivity index (χ2v) is 8.56. The topological polar surface area (TPSA) is 83.7 Å². The van der Waals surface area contributed by atoms with Crippen molar-refractivity contribution in [2.45, 2.75) is 33.1 Å². The van der Waals surface area contributed by atoms with E-state index in [1.165, 1.54) is 5.69 Å². The van der Waals surface area contributed by atoms with Gasteiger partial charge in [-0.05, 0) is 67.9 Å². The predicted octanol–water partition coefficient (Wildman–Crippen LogP) is 4.16. The van der Waals surface area contributed by atoms with E-state index in [2.05, 4.69) is 44.3 Å². The highest BCUT2D eigenvalue weighted by atomic mass is 16.5. The molecule has 0 atom stereocenters. The summed E-state index contributed by atoms with van der Waals surface area (Å²) < 4.78 is 10.5. The van der Waals surface area contributed by atoms with E-state index >= 15 is 0 Å². The minimum absolute atomic E-state index is 0.0118. The molecule has 2 heterocycles. The highest BCUT2D eigenvalue weighted by Gasteiger charge is 2.17. The number of ether oxygens (including phenoxy) is 1. The summed E-state index contributed by atoms with van der Waals surface area (Å²) in [7, 11) is 1.63. The van der Waals surface area contributed by atoms with Crippen LogP contribution < -0.4 is 15.0 Å². The van der Waals surface area contributed by atoms with Crippen LogP contribution in [0.5, 0.6) is 5.75 Å².